The van der Waals surface area contributed by atoms with Crippen molar-refractivity contribution in [2.24, 2.45) is 0 Å². The van der Waals surface area contributed by atoms with E-state index in [0.29, 0.717) is 24.2 Å². The molecule has 20 heavy (non-hydrogen) atoms. The molecule has 0 saturated carbocycles. The Balaban J connectivity index is 2.05. The normalized spacial score (nSPS) is 9.50. The van der Waals surface area contributed by atoms with Crippen LogP contribution in [0, 0.1) is 13.1 Å². The van der Waals surface area contributed by atoms with E-state index in [1.54, 1.807) is 36.4 Å². The first-order chi connectivity index (χ1) is 9.71. The van der Waals surface area contributed by atoms with Gasteiger partial charge in [0.05, 0.1) is 13.1 Å². The molecule has 0 bridgehead atoms. The number of hydrogen-bond acceptors (Lipinski definition) is 1. The third-order valence-corrected chi connectivity index (χ3v) is 2.88. The monoisotopic (exact) mass is 260 g/mol. The number of ketones is 1. The Labute approximate surface area is 118 Å². The van der Waals surface area contributed by atoms with Gasteiger partial charge in [-0.3, -0.25) is 4.79 Å². The molecule has 0 aliphatic rings. The first-order valence-corrected chi connectivity index (χ1v) is 6.16. The third kappa shape index (κ3) is 3.54. The van der Waals surface area contributed by atoms with Crippen LogP contribution in [-0.4, -0.2) is 5.78 Å². The van der Waals surface area contributed by atoms with Crippen molar-refractivity contribution in [1.29, 1.82) is 0 Å². The largest absolute Gasteiger partial charge is 0.299 e. The van der Waals surface area contributed by atoms with E-state index in [1.165, 1.54) is 0 Å². The molecule has 0 amide bonds. The minimum Gasteiger partial charge on any atom is -0.299 e. The van der Waals surface area contributed by atoms with Crippen molar-refractivity contribution in [2.45, 2.75) is 12.8 Å². The molecule has 3 heteroatoms. The van der Waals surface area contributed by atoms with Crippen LogP contribution in [-0.2, 0) is 17.6 Å². The fourth-order valence-corrected chi connectivity index (χ4v) is 1.99. The van der Waals surface area contributed by atoms with Crippen LogP contribution in [0.3, 0.4) is 0 Å². The van der Waals surface area contributed by atoms with E-state index in [1.807, 2.05) is 12.1 Å². The van der Waals surface area contributed by atoms with Crippen LogP contribution in [0.2, 0.25) is 0 Å². The molecule has 0 atom stereocenters. The molecule has 0 unspecified atom stereocenters. The van der Waals surface area contributed by atoms with E-state index < -0.39 is 0 Å². The lowest BCUT2D eigenvalue weighted by molar-refractivity contribution is -0.117. The third-order valence-electron chi connectivity index (χ3n) is 2.88. The predicted octanol–water partition coefficient (Wildman–Crippen LogP) is 4.14. The van der Waals surface area contributed by atoms with Gasteiger partial charge in [-0.25, -0.2) is 9.69 Å². The van der Waals surface area contributed by atoms with Crippen LogP contribution >= 0.6 is 0 Å². The summed E-state index contributed by atoms with van der Waals surface area (Å²) in [6.07, 6.45) is 0.622. The molecular weight excluding hydrogens is 248 g/mol. The summed E-state index contributed by atoms with van der Waals surface area (Å²) in [4.78, 5) is 18.7. The van der Waals surface area contributed by atoms with Crippen LogP contribution in [0.1, 0.15) is 11.1 Å². The van der Waals surface area contributed by atoms with Crippen molar-refractivity contribution in [3.05, 3.63) is 82.5 Å². The van der Waals surface area contributed by atoms with Crippen molar-refractivity contribution in [3.63, 3.8) is 0 Å². The van der Waals surface area contributed by atoms with Gasteiger partial charge in [-0.05, 0) is 0 Å². The van der Waals surface area contributed by atoms with E-state index >= 15 is 0 Å². The van der Waals surface area contributed by atoms with Crippen LogP contribution in [0.25, 0.3) is 9.69 Å². The summed E-state index contributed by atoms with van der Waals surface area (Å²) in [5.74, 6) is 0.0780. The summed E-state index contributed by atoms with van der Waals surface area (Å²) >= 11 is 0. The minimum absolute atomic E-state index is 0.0780. The predicted molar refractivity (Wildman–Crippen MR) is 77.8 cm³/mol. The average molecular weight is 260 g/mol. The van der Waals surface area contributed by atoms with E-state index in [0.717, 1.165) is 11.1 Å². The Morgan fingerprint density at radius 1 is 0.850 bits per heavy atom. The van der Waals surface area contributed by atoms with Crippen LogP contribution in [0.4, 0.5) is 11.4 Å². The van der Waals surface area contributed by atoms with Gasteiger partial charge in [-0.2, -0.15) is 0 Å². The van der Waals surface area contributed by atoms with Crippen molar-refractivity contribution in [1.82, 2.24) is 0 Å². The molecule has 0 aromatic heterocycles. The first-order valence-electron chi connectivity index (χ1n) is 6.16. The fourth-order valence-electron chi connectivity index (χ4n) is 1.99. The maximum Gasteiger partial charge on any atom is 0.187 e. The highest BCUT2D eigenvalue weighted by molar-refractivity contribution is 5.83. The number of rotatable bonds is 4. The molecule has 0 saturated heterocycles. The molecule has 2 rings (SSSR count). The lowest BCUT2D eigenvalue weighted by Crippen LogP contribution is -2.06. The number of benzene rings is 2. The lowest BCUT2D eigenvalue weighted by atomic mass is 10.0. The number of carbonyl (C=O) groups excluding carboxylic acids is 1. The highest BCUT2D eigenvalue weighted by atomic mass is 16.1. The molecular formula is C17H12N2O. The van der Waals surface area contributed by atoms with E-state index in [4.69, 9.17) is 13.1 Å². The average Bonchev–Trinajstić information content (AvgIpc) is 2.47. The van der Waals surface area contributed by atoms with Gasteiger partial charge >= 0.3 is 0 Å². The zero-order valence-electron chi connectivity index (χ0n) is 10.8. The lowest BCUT2D eigenvalue weighted by Gasteiger charge is -2.03. The smallest absolute Gasteiger partial charge is 0.187 e. The highest BCUT2D eigenvalue weighted by Crippen LogP contribution is 2.17. The summed E-state index contributed by atoms with van der Waals surface area (Å²) in [5.41, 5.74) is 2.80. The zero-order chi connectivity index (χ0) is 14.4. The molecule has 0 spiro atoms. The van der Waals surface area contributed by atoms with Crippen LogP contribution in [0.5, 0.6) is 0 Å². The van der Waals surface area contributed by atoms with Gasteiger partial charge < -0.3 is 0 Å². The standard InChI is InChI=1S/C17H12N2O/c1-18-15-7-3-5-13(9-15)11-17(20)12-14-6-4-8-16(10-14)19-2/h3-10H,11-12H2. The summed E-state index contributed by atoms with van der Waals surface area (Å²) in [7, 11) is 0. The van der Waals surface area contributed by atoms with Crippen molar-refractivity contribution in [3.8, 4) is 0 Å². The first kappa shape index (κ1) is 13.5. The van der Waals surface area contributed by atoms with Crippen molar-refractivity contribution < 1.29 is 4.79 Å². The maximum absolute atomic E-state index is 12.0. The molecule has 96 valence electrons. The van der Waals surface area contributed by atoms with Crippen LogP contribution in [0.15, 0.2) is 48.5 Å². The zero-order valence-corrected chi connectivity index (χ0v) is 10.8. The summed E-state index contributed by atoms with van der Waals surface area (Å²) in [6.45, 7) is 13.9. The van der Waals surface area contributed by atoms with Crippen LogP contribution < -0.4 is 0 Å². The van der Waals surface area contributed by atoms with Gasteiger partial charge in [-0.1, -0.05) is 59.7 Å². The van der Waals surface area contributed by atoms with E-state index in [9.17, 15) is 4.79 Å². The Bertz CT molecular complexity index is 659. The fraction of sp³-hybridized carbons (Fsp3) is 0.118. The number of Topliss-reactive ketones (excluding diaryl/α,β-unsaturated/α-hetero) is 1. The minimum atomic E-state index is 0.0780. The Hall–Kier alpha value is -2.91. The van der Waals surface area contributed by atoms with Gasteiger partial charge in [-0.15, -0.1) is 0 Å². The second-order valence-electron chi connectivity index (χ2n) is 4.46. The molecule has 2 aromatic carbocycles. The van der Waals surface area contributed by atoms with Gasteiger partial charge in [0.2, 0.25) is 0 Å². The van der Waals surface area contributed by atoms with E-state index in [2.05, 4.69) is 9.69 Å². The van der Waals surface area contributed by atoms with E-state index in [-0.39, 0.29) is 5.78 Å². The summed E-state index contributed by atoms with van der Waals surface area (Å²) in [6, 6.07) is 14.2. The SMILES string of the molecule is [C-]#[N+]c1cccc(CC(=O)Cc2cccc([N+]#[C-])c2)c1. The maximum atomic E-state index is 12.0. The van der Waals surface area contributed by atoms with Crippen molar-refractivity contribution >= 4 is 17.2 Å². The quantitative estimate of drug-likeness (QED) is 0.758. The molecule has 0 fully saturated rings. The van der Waals surface area contributed by atoms with Gasteiger partial charge in [0.25, 0.3) is 0 Å². The Morgan fingerprint density at radius 2 is 1.30 bits per heavy atom. The molecule has 2 aromatic rings. The summed E-state index contributed by atoms with van der Waals surface area (Å²) in [5, 5.41) is 0. The van der Waals surface area contributed by atoms with Gasteiger partial charge in [0.15, 0.2) is 11.4 Å². The second kappa shape index (κ2) is 6.31. The molecule has 0 N–H and O–H groups in total. The second-order valence-corrected chi connectivity index (χ2v) is 4.46. The molecule has 3 nitrogen and oxygen atoms in total. The van der Waals surface area contributed by atoms with Crippen molar-refractivity contribution in [2.75, 3.05) is 0 Å². The van der Waals surface area contributed by atoms with Gasteiger partial charge in [0.1, 0.15) is 5.78 Å². The molecule has 0 aliphatic heterocycles. The van der Waals surface area contributed by atoms with Gasteiger partial charge in [0, 0.05) is 12.8 Å². The number of nitrogens with zero attached hydrogens (tertiary/aromatic N) is 2. The Morgan fingerprint density at radius 3 is 1.70 bits per heavy atom. The Kier molecular flexibility index (Phi) is 4.27. The topological polar surface area (TPSA) is 25.8 Å². The number of hydrogen-bond donors (Lipinski definition) is 0. The molecule has 0 aliphatic carbocycles. The highest BCUT2D eigenvalue weighted by Gasteiger charge is 2.06. The summed E-state index contributed by atoms with van der Waals surface area (Å²) < 4.78 is 0. The molecule has 0 heterocycles. The molecule has 0 radical (unpaired) electrons. The number of carbonyl (C=O) groups is 1.